The number of hydrogen-bond acceptors (Lipinski definition) is 3. The number of carbonyl (C=O) groups excluding carboxylic acids is 1. The highest BCUT2D eigenvalue weighted by Gasteiger charge is 2.04. The van der Waals surface area contributed by atoms with Crippen molar-refractivity contribution in [1.82, 2.24) is 0 Å². The maximum absolute atomic E-state index is 11.9. The number of ether oxygens (including phenoxy) is 2. The van der Waals surface area contributed by atoms with Gasteiger partial charge in [-0.3, -0.25) is 4.79 Å². The quantitative estimate of drug-likeness (QED) is 0.657. The molecule has 0 spiro atoms. The molecule has 0 aliphatic rings. The monoisotopic (exact) mass is 307 g/mol. The zero-order chi connectivity index (χ0) is 16.5. The smallest absolute Gasteiger partial charge is 0.248 e. The molecule has 0 saturated heterocycles. The van der Waals surface area contributed by atoms with Crippen LogP contribution in [0.5, 0.6) is 11.5 Å². The van der Waals surface area contributed by atoms with Crippen LogP contribution in [0.1, 0.15) is 5.56 Å². The van der Waals surface area contributed by atoms with Crippen LogP contribution >= 0.6 is 0 Å². The third-order valence-electron chi connectivity index (χ3n) is 2.97. The normalized spacial score (nSPS) is 10.1. The predicted molar refractivity (Wildman–Crippen MR) is 91.4 cm³/mol. The van der Waals surface area contributed by atoms with E-state index in [9.17, 15) is 4.79 Å². The predicted octanol–water partition coefficient (Wildman–Crippen LogP) is 3.36. The van der Waals surface area contributed by atoms with E-state index >= 15 is 0 Å². The number of para-hydroxylation sites is 1. The fourth-order valence-corrected chi connectivity index (χ4v) is 1.90. The minimum absolute atomic E-state index is 0.172. The van der Waals surface area contributed by atoms with Gasteiger partial charge in [-0.15, -0.1) is 6.42 Å². The van der Waals surface area contributed by atoms with Gasteiger partial charge in [-0.2, -0.15) is 0 Å². The van der Waals surface area contributed by atoms with Crippen LogP contribution in [0.3, 0.4) is 0 Å². The molecule has 0 radical (unpaired) electrons. The van der Waals surface area contributed by atoms with Gasteiger partial charge in [0.05, 0.1) is 7.11 Å². The highest BCUT2D eigenvalue weighted by molar-refractivity contribution is 6.01. The van der Waals surface area contributed by atoms with Crippen LogP contribution in [0.4, 0.5) is 5.69 Å². The Bertz CT molecular complexity index is 730. The van der Waals surface area contributed by atoms with Gasteiger partial charge in [0.15, 0.2) is 11.5 Å². The van der Waals surface area contributed by atoms with Crippen LogP contribution in [-0.2, 0) is 4.79 Å². The van der Waals surface area contributed by atoms with Gasteiger partial charge in [0, 0.05) is 11.8 Å². The lowest BCUT2D eigenvalue weighted by Crippen LogP contribution is -2.07. The minimum Gasteiger partial charge on any atom is -0.493 e. The van der Waals surface area contributed by atoms with E-state index in [2.05, 4.69) is 11.2 Å². The molecule has 23 heavy (non-hydrogen) atoms. The molecule has 0 saturated carbocycles. The van der Waals surface area contributed by atoms with E-state index in [0.29, 0.717) is 11.5 Å². The fraction of sp³-hybridized carbons (Fsp3) is 0.105. The van der Waals surface area contributed by atoms with Crippen molar-refractivity contribution in [2.24, 2.45) is 0 Å². The van der Waals surface area contributed by atoms with E-state index in [1.807, 2.05) is 36.4 Å². The first-order chi connectivity index (χ1) is 11.2. The molecule has 2 aromatic carbocycles. The molecule has 0 aliphatic heterocycles. The van der Waals surface area contributed by atoms with E-state index in [1.165, 1.54) is 6.08 Å². The maximum Gasteiger partial charge on any atom is 0.248 e. The summed E-state index contributed by atoms with van der Waals surface area (Å²) in [5, 5.41) is 2.78. The summed E-state index contributed by atoms with van der Waals surface area (Å²) in [6.07, 6.45) is 8.33. The molecule has 1 amide bonds. The average Bonchev–Trinajstić information content (AvgIpc) is 2.59. The number of benzene rings is 2. The van der Waals surface area contributed by atoms with Crippen molar-refractivity contribution in [3.05, 3.63) is 60.2 Å². The molecule has 2 aromatic rings. The summed E-state index contributed by atoms with van der Waals surface area (Å²) in [7, 11) is 1.55. The molecular formula is C19H17NO3. The molecule has 0 aromatic heterocycles. The molecule has 1 N–H and O–H groups in total. The Morgan fingerprint density at radius 1 is 1.22 bits per heavy atom. The largest absolute Gasteiger partial charge is 0.493 e. The first-order valence-corrected chi connectivity index (χ1v) is 7.01. The van der Waals surface area contributed by atoms with Crippen molar-refractivity contribution in [2.75, 3.05) is 19.0 Å². The lowest BCUT2D eigenvalue weighted by Gasteiger charge is -2.09. The number of nitrogens with one attached hydrogen (secondary N) is 1. The summed E-state index contributed by atoms with van der Waals surface area (Å²) in [5.74, 6) is 3.32. The minimum atomic E-state index is -0.206. The van der Waals surface area contributed by atoms with Gasteiger partial charge in [0.25, 0.3) is 0 Å². The summed E-state index contributed by atoms with van der Waals surface area (Å²) in [6, 6.07) is 14.6. The van der Waals surface area contributed by atoms with E-state index in [1.54, 1.807) is 25.3 Å². The molecule has 0 unspecified atom stereocenters. The zero-order valence-electron chi connectivity index (χ0n) is 12.8. The molecule has 0 atom stereocenters. The summed E-state index contributed by atoms with van der Waals surface area (Å²) in [6.45, 7) is 0.172. The number of rotatable bonds is 6. The van der Waals surface area contributed by atoms with E-state index < -0.39 is 0 Å². The van der Waals surface area contributed by atoms with E-state index in [-0.39, 0.29) is 12.5 Å². The fourth-order valence-electron chi connectivity index (χ4n) is 1.90. The van der Waals surface area contributed by atoms with Crippen molar-refractivity contribution < 1.29 is 14.3 Å². The molecule has 2 rings (SSSR count). The Morgan fingerprint density at radius 3 is 2.70 bits per heavy atom. The molecule has 0 bridgehead atoms. The van der Waals surface area contributed by atoms with Gasteiger partial charge >= 0.3 is 0 Å². The molecule has 4 nitrogen and oxygen atoms in total. The van der Waals surface area contributed by atoms with Gasteiger partial charge in [-0.25, -0.2) is 0 Å². The van der Waals surface area contributed by atoms with Crippen LogP contribution in [0, 0.1) is 12.3 Å². The van der Waals surface area contributed by atoms with Crippen molar-refractivity contribution in [2.45, 2.75) is 0 Å². The molecule has 4 heteroatoms. The number of carbonyl (C=O) groups is 1. The van der Waals surface area contributed by atoms with E-state index in [0.717, 1.165) is 11.3 Å². The summed E-state index contributed by atoms with van der Waals surface area (Å²) in [4.78, 5) is 11.9. The number of amides is 1. The average molecular weight is 307 g/mol. The second-order valence-electron chi connectivity index (χ2n) is 4.59. The van der Waals surface area contributed by atoms with Crippen molar-refractivity contribution in [3.8, 4) is 23.8 Å². The molecule has 116 valence electrons. The number of terminal acetylenes is 1. The van der Waals surface area contributed by atoms with Crippen LogP contribution in [-0.4, -0.2) is 19.6 Å². The Kier molecular flexibility index (Phi) is 5.84. The molecular weight excluding hydrogens is 290 g/mol. The first kappa shape index (κ1) is 16.2. The van der Waals surface area contributed by atoms with Crippen LogP contribution in [0.2, 0.25) is 0 Å². The van der Waals surface area contributed by atoms with Gasteiger partial charge < -0.3 is 14.8 Å². The lowest BCUT2D eigenvalue weighted by molar-refractivity contribution is -0.111. The van der Waals surface area contributed by atoms with E-state index in [4.69, 9.17) is 15.9 Å². The third-order valence-corrected chi connectivity index (χ3v) is 2.97. The topological polar surface area (TPSA) is 47.6 Å². The Labute approximate surface area is 135 Å². The Hall–Kier alpha value is -3.19. The SMILES string of the molecule is C#CCOc1ccc(/C=C/C(=O)Nc2ccccc2)cc1OC. The van der Waals surface area contributed by atoms with Crippen molar-refractivity contribution >= 4 is 17.7 Å². The molecule has 0 aliphatic carbocycles. The van der Waals surface area contributed by atoms with Crippen LogP contribution in [0.15, 0.2) is 54.6 Å². The number of methoxy groups -OCH3 is 1. The number of anilines is 1. The second-order valence-corrected chi connectivity index (χ2v) is 4.59. The number of hydrogen-bond donors (Lipinski definition) is 1. The van der Waals surface area contributed by atoms with Gasteiger partial charge in [-0.05, 0) is 35.9 Å². The van der Waals surface area contributed by atoms with Gasteiger partial charge in [-0.1, -0.05) is 30.2 Å². The maximum atomic E-state index is 11.9. The summed E-state index contributed by atoms with van der Waals surface area (Å²) in [5.41, 5.74) is 1.57. The Morgan fingerprint density at radius 2 is 2.00 bits per heavy atom. The van der Waals surface area contributed by atoms with Crippen LogP contribution < -0.4 is 14.8 Å². The second kappa shape index (κ2) is 8.30. The summed E-state index contributed by atoms with van der Waals surface area (Å²) >= 11 is 0. The van der Waals surface area contributed by atoms with Crippen molar-refractivity contribution in [3.63, 3.8) is 0 Å². The highest BCUT2D eigenvalue weighted by Crippen LogP contribution is 2.28. The van der Waals surface area contributed by atoms with Crippen molar-refractivity contribution in [1.29, 1.82) is 0 Å². The highest BCUT2D eigenvalue weighted by atomic mass is 16.5. The standard InChI is InChI=1S/C19H17NO3/c1-3-13-23-17-11-9-15(14-18(17)22-2)10-12-19(21)20-16-7-5-4-6-8-16/h1,4-12,14H,13H2,2H3,(H,20,21)/b12-10+. The lowest BCUT2D eigenvalue weighted by atomic mass is 10.2. The van der Waals surface area contributed by atoms with Crippen LogP contribution in [0.25, 0.3) is 6.08 Å². The van der Waals surface area contributed by atoms with Gasteiger partial charge in [0.1, 0.15) is 6.61 Å². The molecule has 0 fully saturated rings. The third kappa shape index (κ3) is 4.94. The Balaban J connectivity index is 2.04. The first-order valence-electron chi connectivity index (χ1n) is 7.01. The van der Waals surface area contributed by atoms with Gasteiger partial charge in [0.2, 0.25) is 5.91 Å². The summed E-state index contributed by atoms with van der Waals surface area (Å²) < 4.78 is 10.6. The zero-order valence-corrected chi connectivity index (χ0v) is 12.8. The molecule has 0 heterocycles.